The average Bonchev–Trinajstić information content (AvgIpc) is 2.88. The third-order valence-corrected chi connectivity index (χ3v) is 4.81. The highest BCUT2D eigenvalue weighted by Crippen LogP contribution is 2.37. The Hall–Kier alpha value is -0.490. The van der Waals surface area contributed by atoms with Gasteiger partial charge in [0, 0.05) is 6.04 Å². The van der Waals surface area contributed by atoms with Crippen LogP contribution in [-0.2, 0) is 4.79 Å². The Morgan fingerprint density at radius 2 is 1.90 bits per heavy atom. The predicted octanol–water partition coefficient (Wildman–Crippen LogP) is 3.18. The molecule has 2 N–H and O–H groups in total. The number of alkyl halides is 3. The van der Waals surface area contributed by atoms with Gasteiger partial charge in [-0.05, 0) is 51.5 Å². The van der Waals surface area contributed by atoms with Gasteiger partial charge in [-0.2, -0.15) is 13.2 Å². The summed E-state index contributed by atoms with van der Waals surface area (Å²) in [6.07, 6.45) is -0.480. The van der Waals surface area contributed by atoms with Gasteiger partial charge in [0.05, 0.1) is 11.5 Å². The summed E-state index contributed by atoms with van der Waals surface area (Å²) in [5.74, 6) is -1.23. The molecule has 2 rings (SSSR count). The molecule has 21 heavy (non-hydrogen) atoms. The summed E-state index contributed by atoms with van der Waals surface area (Å²) in [6.45, 7) is 2.81. The zero-order valence-corrected chi connectivity index (χ0v) is 13.1. The van der Waals surface area contributed by atoms with Crippen molar-refractivity contribution in [3.05, 3.63) is 0 Å². The van der Waals surface area contributed by atoms with Crippen LogP contribution in [0.4, 0.5) is 13.2 Å². The van der Waals surface area contributed by atoms with Crippen LogP contribution in [0.15, 0.2) is 0 Å². The zero-order valence-electron chi connectivity index (χ0n) is 12.3. The van der Waals surface area contributed by atoms with E-state index in [4.69, 9.17) is 0 Å². The average molecular weight is 329 g/mol. The Kier molecular flexibility index (Phi) is 6.35. The second kappa shape index (κ2) is 7.18. The van der Waals surface area contributed by atoms with Gasteiger partial charge < -0.3 is 10.6 Å². The molecule has 1 saturated carbocycles. The van der Waals surface area contributed by atoms with Crippen molar-refractivity contribution in [2.45, 2.75) is 69.6 Å². The van der Waals surface area contributed by atoms with E-state index < -0.39 is 17.6 Å². The quantitative estimate of drug-likeness (QED) is 0.835. The zero-order chi connectivity index (χ0) is 14.8. The van der Waals surface area contributed by atoms with Crippen LogP contribution < -0.4 is 10.6 Å². The third-order valence-electron chi connectivity index (χ3n) is 4.81. The van der Waals surface area contributed by atoms with E-state index in [9.17, 15) is 18.0 Å². The predicted molar refractivity (Wildman–Crippen MR) is 77.5 cm³/mol. The first kappa shape index (κ1) is 18.6. The number of hydrogen-bond donors (Lipinski definition) is 2. The van der Waals surface area contributed by atoms with Crippen molar-refractivity contribution in [1.82, 2.24) is 10.6 Å². The van der Waals surface area contributed by atoms with E-state index in [2.05, 4.69) is 10.6 Å². The van der Waals surface area contributed by atoms with Crippen molar-refractivity contribution in [3.63, 3.8) is 0 Å². The highest BCUT2D eigenvalue weighted by Gasteiger charge is 2.43. The summed E-state index contributed by atoms with van der Waals surface area (Å²) in [7, 11) is 0. The number of carbonyl (C=O) groups is 1. The number of rotatable bonds is 3. The van der Waals surface area contributed by atoms with E-state index in [1.165, 1.54) is 0 Å². The molecule has 7 heteroatoms. The van der Waals surface area contributed by atoms with E-state index in [0.717, 1.165) is 25.8 Å². The Labute approximate surface area is 129 Å². The molecule has 0 aromatic heterocycles. The van der Waals surface area contributed by atoms with Crippen LogP contribution in [0.25, 0.3) is 0 Å². The lowest BCUT2D eigenvalue weighted by molar-refractivity contribution is -0.182. The molecular weight excluding hydrogens is 305 g/mol. The van der Waals surface area contributed by atoms with Crippen LogP contribution in [0, 0.1) is 5.92 Å². The fourth-order valence-electron chi connectivity index (χ4n) is 3.35. The first-order chi connectivity index (χ1) is 9.37. The molecule has 0 radical (unpaired) electrons. The van der Waals surface area contributed by atoms with E-state index in [-0.39, 0.29) is 37.2 Å². The molecule has 1 atom stereocenters. The van der Waals surface area contributed by atoms with E-state index in [1.807, 2.05) is 6.92 Å². The van der Waals surface area contributed by atoms with Crippen LogP contribution in [0.2, 0.25) is 0 Å². The minimum atomic E-state index is -4.09. The van der Waals surface area contributed by atoms with Gasteiger partial charge in [-0.15, -0.1) is 12.4 Å². The summed E-state index contributed by atoms with van der Waals surface area (Å²) >= 11 is 0. The highest BCUT2D eigenvalue weighted by atomic mass is 35.5. The summed E-state index contributed by atoms with van der Waals surface area (Å²) < 4.78 is 37.8. The van der Waals surface area contributed by atoms with Gasteiger partial charge in [0.1, 0.15) is 0 Å². The molecule has 0 spiro atoms. The van der Waals surface area contributed by atoms with Crippen molar-refractivity contribution < 1.29 is 18.0 Å². The highest BCUT2D eigenvalue weighted by molar-refractivity contribution is 5.86. The molecule has 3 nitrogen and oxygen atoms in total. The van der Waals surface area contributed by atoms with Gasteiger partial charge >= 0.3 is 6.18 Å². The van der Waals surface area contributed by atoms with Gasteiger partial charge in [-0.3, -0.25) is 4.79 Å². The first-order valence-electron chi connectivity index (χ1n) is 7.50. The molecule has 2 fully saturated rings. The minimum Gasteiger partial charge on any atom is -0.352 e. The number of halogens is 4. The van der Waals surface area contributed by atoms with Gasteiger partial charge in [0.15, 0.2) is 0 Å². The number of carbonyl (C=O) groups excluding carboxylic acids is 1. The summed E-state index contributed by atoms with van der Waals surface area (Å²) in [5.41, 5.74) is -0.499. The fraction of sp³-hybridized carbons (Fsp3) is 0.929. The number of nitrogens with one attached hydrogen (secondary N) is 2. The molecule has 2 aliphatic rings. The largest absolute Gasteiger partial charge is 0.391 e. The topological polar surface area (TPSA) is 41.1 Å². The van der Waals surface area contributed by atoms with E-state index >= 15 is 0 Å². The molecule has 0 aromatic carbocycles. The normalized spacial score (nSPS) is 33.3. The van der Waals surface area contributed by atoms with Crippen molar-refractivity contribution in [2.24, 2.45) is 5.92 Å². The van der Waals surface area contributed by atoms with Gasteiger partial charge in [0.25, 0.3) is 0 Å². The standard InChI is InChI=1S/C14H23F3N2O.ClH/c1-2-13(8-3-9-18-13)12(20)19-11-6-4-10(5-7-11)14(15,16)17;/h10-11,18H,2-9H2,1H3,(H,19,20);1H. The summed E-state index contributed by atoms with van der Waals surface area (Å²) in [6, 6.07) is -0.105. The molecule has 1 heterocycles. The Morgan fingerprint density at radius 3 is 2.33 bits per heavy atom. The second-order valence-corrected chi connectivity index (χ2v) is 6.03. The lowest BCUT2D eigenvalue weighted by Crippen LogP contribution is -2.56. The Balaban J connectivity index is 0.00000220. The maximum atomic E-state index is 12.6. The second-order valence-electron chi connectivity index (χ2n) is 6.03. The number of hydrogen-bond acceptors (Lipinski definition) is 2. The van der Waals surface area contributed by atoms with Crippen LogP contribution in [0.3, 0.4) is 0 Å². The molecule has 1 saturated heterocycles. The van der Waals surface area contributed by atoms with Crippen LogP contribution in [0.1, 0.15) is 51.9 Å². The van der Waals surface area contributed by atoms with Crippen molar-refractivity contribution in [3.8, 4) is 0 Å². The lowest BCUT2D eigenvalue weighted by Gasteiger charge is -2.34. The summed E-state index contributed by atoms with van der Waals surface area (Å²) in [5, 5.41) is 6.21. The Morgan fingerprint density at radius 1 is 1.29 bits per heavy atom. The summed E-state index contributed by atoms with van der Waals surface area (Å²) in [4.78, 5) is 12.3. The fourth-order valence-corrected chi connectivity index (χ4v) is 3.35. The maximum absolute atomic E-state index is 12.6. The van der Waals surface area contributed by atoms with Crippen LogP contribution in [0.5, 0.6) is 0 Å². The molecule has 1 unspecified atom stereocenters. The number of amides is 1. The minimum absolute atomic E-state index is 0. The molecule has 1 amide bonds. The van der Waals surface area contributed by atoms with E-state index in [0.29, 0.717) is 12.8 Å². The van der Waals surface area contributed by atoms with Crippen LogP contribution >= 0.6 is 12.4 Å². The van der Waals surface area contributed by atoms with Crippen molar-refractivity contribution in [2.75, 3.05) is 6.54 Å². The smallest absolute Gasteiger partial charge is 0.352 e. The Bertz CT molecular complexity index is 349. The molecule has 124 valence electrons. The first-order valence-corrected chi connectivity index (χ1v) is 7.50. The van der Waals surface area contributed by atoms with Crippen LogP contribution in [-0.4, -0.2) is 30.2 Å². The third kappa shape index (κ3) is 4.25. The monoisotopic (exact) mass is 328 g/mol. The SMILES string of the molecule is CCC1(C(=O)NC2CCC(C(F)(F)F)CC2)CCCN1.Cl. The van der Waals surface area contributed by atoms with Crippen molar-refractivity contribution in [1.29, 1.82) is 0 Å². The maximum Gasteiger partial charge on any atom is 0.391 e. The van der Waals surface area contributed by atoms with Gasteiger partial charge in [-0.1, -0.05) is 6.92 Å². The van der Waals surface area contributed by atoms with Crippen molar-refractivity contribution >= 4 is 18.3 Å². The molecule has 1 aliphatic carbocycles. The lowest BCUT2D eigenvalue weighted by atomic mass is 9.84. The molecular formula is C14H24ClF3N2O. The molecule has 0 aromatic rings. The molecule has 1 aliphatic heterocycles. The molecule has 0 bridgehead atoms. The van der Waals surface area contributed by atoms with E-state index in [1.54, 1.807) is 0 Å². The van der Waals surface area contributed by atoms with Gasteiger partial charge in [-0.25, -0.2) is 0 Å². The van der Waals surface area contributed by atoms with Gasteiger partial charge in [0.2, 0.25) is 5.91 Å².